The third kappa shape index (κ3) is 3.76. The average molecular weight is 417 g/mol. The van der Waals surface area contributed by atoms with Gasteiger partial charge in [-0.1, -0.05) is 11.8 Å². The molecule has 150 valence electrons. The number of nitrogens with zero attached hydrogens (tertiary/aromatic N) is 7. The monoisotopic (exact) mass is 417 g/mol. The summed E-state index contributed by atoms with van der Waals surface area (Å²) in [5.41, 5.74) is 1.79. The van der Waals surface area contributed by atoms with Crippen LogP contribution in [0.25, 0.3) is 22.6 Å². The van der Waals surface area contributed by atoms with Gasteiger partial charge in [0, 0.05) is 12.9 Å². The lowest BCUT2D eigenvalue weighted by Gasteiger charge is -2.03. The smallest absolute Gasteiger partial charge is 0.311 e. The molecule has 29 heavy (non-hydrogen) atoms. The van der Waals surface area contributed by atoms with Crippen molar-refractivity contribution in [1.29, 1.82) is 0 Å². The van der Waals surface area contributed by atoms with Crippen LogP contribution in [0.3, 0.4) is 0 Å². The summed E-state index contributed by atoms with van der Waals surface area (Å²) in [5.74, 6) is 0.120. The largest absolute Gasteiger partial charge is 0.469 e. The van der Waals surface area contributed by atoms with Crippen LogP contribution in [-0.2, 0) is 20.7 Å². The Morgan fingerprint density at radius 2 is 1.97 bits per heavy atom. The zero-order valence-corrected chi connectivity index (χ0v) is 16.4. The van der Waals surface area contributed by atoms with E-state index in [0.717, 1.165) is 0 Å². The maximum atomic E-state index is 13.4. The standard InChI is InChI=1S/C17H16FN7O3S/c1-27-7-8-29-17-19-16-21-20-14-12(9-13(26)28-2)22-24(15(14)25(16)23-17)11-5-3-10(18)4-6-11/h3-6H,7-9H2,1-2H3. The maximum absolute atomic E-state index is 13.4. The lowest BCUT2D eigenvalue weighted by Crippen LogP contribution is -2.06. The van der Waals surface area contributed by atoms with Crippen molar-refractivity contribution in [3.63, 3.8) is 0 Å². The van der Waals surface area contributed by atoms with Gasteiger partial charge in [-0.15, -0.1) is 15.3 Å². The SMILES string of the molecule is COCCSc1nc2nnc3c(CC(=O)OC)nn(-c4ccc(F)cc4)c3n2n1. The molecule has 4 rings (SSSR count). The van der Waals surface area contributed by atoms with Crippen molar-refractivity contribution in [2.24, 2.45) is 0 Å². The molecule has 0 fully saturated rings. The van der Waals surface area contributed by atoms with E-state index in [-0.39, 0.29) is 18.0 Å². The first-order valence-electron chi connectivity index (χ1n) is 8.56. The summed E-state index contributed by atoms with van der Waals surface area (Å²) < 4.78 is 26.2. The molecule has 4 aromatic rings. The van der Waals surface area contributed by atoms with Gasteiger partial charge in [-0.25, -0.2) is 9.07 Å². The Hall–Kier alpha value is -3.12. The number of fused-ring (bicyclic) bond motifs is 3. The first-order chi connectivity index (χ1) is 14.1. The van der Waals surface area contributed by atoms with Gasteiger partial charge in [0.15, 0.2) is 11.2 Å². The van der Waals surface area contributed by atoms with Crippen molar-refractivity contribution < 1.29 is 18.7 Å². The summed E-state index contributed by atoms with van der Waals surface area (Å²) in [6, 6.07) is 5.78. The fourth-order valence-electron chi connectivity index (χ4n) is 2.69. The fourth-order valence-corrected chi connectivity index (χ4v) is 3.41. The fraction of sp³-hybridized carbons (Fsp3) is 0.294. The van der Waals surface area contributed by atoms with E-state index in [1.54, 1.807) is 19.2 Å². The van der Waals surface area contributed by atoms with Crippen molar-refractivity contribution in [2.45, 2.75) is 11.6 Å². The lowest BCUT2D eigenvalue weighted by atomic mass is 10.3. The number of rotatable bonds is 7. The quantitative estimate of drug-likeness (QED) is 0.251. The van der Waals surface area contributed by atoms with E-state index in [4.69, 9.17) is 9.47 Å². The number of hydrogen-bond donors (Lipinski definition) is 0. The van der Waals surface area contributed by atoms with Crippen LogP contribution in [0.5, 0.6) is 0 Å². The number of esters is 1. The molecule has 0 saturated carbocycles. The van der Waals surface area contributed by atoms with Crippen molar-refractivity contribution in [1.82, 2.24) is 34.6 Å². The molecule has 0 atom stereocenters. The molecule has 3 heterocycles. The van der Waals surface area contributed by atoms with Gasteiger partial charge in [-0.05, 0) is 24.3 Å². The molecule has 0 spiro atoms. The molecule has 12 heteroatoms. The van der Waals surface area contributed by atoms with Crippen LogP contribution in [0.1, 0.15) is 5.69 Å². The predicted molar refractivity (Wildman–Crippen MR) is 101 cm³/mol. The molecule has 0 amide bonds. The Morgan fingerprint density at radius 1 is 1.17 bits per heavy atom. The molecule has 0 N–H and O–H groups in total. The van der Waals surface area contributed by atoms with Gasteiger partial charge in [0.25, 0.3) is 5.78 Å². The normalized spacial score (nSPS) is 11.4. The first kappa shape index (κ1) is 19.2. The zero-order chi connectivity index (χ0) is 20.4. The number of ether oxygens (including phenoxy) is 2. The number of methoxy groups -OCH3 is 2. The Kier molecular flexibility index (Phi) is 5.36. The molecular formula is C17H16FN7O3S. The van der Waals surface area contributed by atoms with E-state index in [1.165, 1.54) is 40.2 Å². The highest BCUT2D eigenvalue weighted by molar-refractivity contribution is 7.99. The van der Waals surface area contributed by atoms with Gasteiger partial charge in [-0.2, -0.15) is 14.6 Å². The number of carbonyl (C=O) groups is 1. The number of aromatic nitrogens is 7. The zero-order valence-electron chi connectivity index (χ0n) is 15.6. The van der Waals surface area contributed by atoms with Gasteiger partial charge in [0.2, 0.25) is 5.16 Å². The second-order valence-corrected chi connectivity index (χ2v) is 6.97. The van der Waals surface area contributed by atoms with Gasteiger partial charge >= 0.3 is 5.97 Å². The number of thioether (sulfide) groups is 1. The minimum atomic E-state index is -0.466. The van der Waals surface area contributed by atoms with Crippen LogP contribution < -0.4 is 0 Å². The van der Waals surface area contributed by atoms with Crippen molar-refractivity contribution in [2.75, 3.05) is 26.6 Å². The van der Waals surface area contributed by atoms with Crippen LogP contribution in [0.2, 0.25) is 0 Å². The highest BCUT2D eigenvalue weighted by Gasteiger charge is 2.21. The molecular weight excluding hydrogens is 401 g/mol. The number of hydrogen-bond acceptors (Lipinski definition) is 9. The minimum absolute atomic E-state index is 0.0917. The van der Waals surface area contributed by atoms with E-state index in [1.807, 2.05) is 0 Å². The van der Waals surface area contributed by atoms with Crippen LogP contribution in [-0.4, -0.2) is 67.1 Å². The van der Waals surface area contributed by atoms with Gasteiger partial charge < -0.3 is 9.47 Å². The van der Waals surface area contributed by atoms with E-state index in [2.05, 4.69) is 25.4 Å². The summed E-state index contributed by atoms with van der Waals surface area (Å²) in [5, 5.41) is 17.8. The van der Waals surface area contributed by atoms with Crippen molar-refractivity contribution >= 4 is 34.7 Å². The highest BCUT2D eigenvalue weighted by atomic mass is 32.2. The molecule has 0 saturated heterocycles. The highest BCUT2D eigenvalue weighted by Crippen LogP contribution is 2.23. The summed E-state index contributed by atoms with van der Waals surface area (Å²) in [6.45, 7) is 0.554. The van der Waals surface area contributed by atoms with E-state index in [0.29, 0.717) is 40.1 Å². The van der Waals surface area contributed by atoms with Gasteiger partial charge in [0.05, 0.1) is 25.8 Å². The van der Waals surface area contributed by atoms with Gasteiger partial charge in [-0.3, -0.25) is 4.79 Å². The average Bonchev–Trinajstić information content (AvgIpc) is 3.30. The molecule has 3 aromatic heterocycles. The maximum Gasteiger partial charge on any atom is 0.311 e. The van der Waals surface area contributed by atoms with Crippen LogP contribution in [0, 0.1) is 5.82 Å². The molecule has 0 aliphatic carbocycles. The molecule has 0 radical (unpaired) electrons. The Morgan fingerprint density at radius 3 is 2.69 bits per heavy atom. The van der Waals surface area contributed by atoms with Crippen molar-refractivity contribution in [3.8, 4) is 5.69 Å². The third-order valence-electron chi connectivity index (χ3n) is 4.05. The summed E-state index contributed by atoms with van der Waals surface area (Å²) in [7, 11) is 2.92. The molecule has 1 aromatic carbocycles. The first-order valence-corrected chi connectivity index (χ1v) is 9.55. The number of halogens is 1. The van der Waals surface area contributed by atoms with E-state index in [9.17, 15) is 9.18 Å². The van der Waals surface area contributed by atoms with E-state index >= 15 is 0 Å². The summed E-state index contributed by atoms with van der Waals surface area (Å²) in [6.07, 6.45) is -0.0917. The third-order valence-corrected chi connectivity index (χ3v) is 4.85. The Labute approximate surface area is 168 Å². The summed E-state index contributed by atoms with van der Waals surface area (Å²) >= 11 is 1.41. The second-order valence-electron chi connectivity index (χ2n) is 5.91. The number of benzene rings is 1. The molecule has 0 aliphatic heterocycles. The number of carbonyl (C=O) groups excluding carboxylic acids is 1. The second kappa shape index (κ2) is 8.09. The van der Waals surface area contributed by atoms with Crippen molar-refractivity contribution in [3.05, 3.63) is 35.8 Å². The minimum Gasteiger partial charge on any atom is -0.469 e. The predicted octanol–water partition coefficient (Wildman–Crippen LogP) is 1.45. The molecule has 0 unspecified atom stereocenters. The topological polar surface area (TPSA) is 109 Å². The summed E-state index contributed by atoms with van der Waals surface area (Å²) in [4.78, 5) is 16.2. The Bertz CT molecular complexity index is 1180. The van der Waals surface area contributed by atoms with Crippen LogP contribution >= 0.6 is 11.8 Å². The van der Waals surface area contributed by atoms with Crippen LogP contribution in [0.15, 0.2) is 29.4 Å². The van der Waals surface area contributed by atoms with Gasteiger partial charge in [0.1, 0.15) is 11.5 Å². The lowest BCUT2D eigenvalue weighted by molar-refractivity contribution is -0.139. The molecule has 0 aliphatic rings. The van der Waals surface area contributed by atoms with Crippen LogP contribution in [0.4, 0.5) is 4.39 Å². The van der Waals surface area contributed by atoms with E-state index < -0.39 is 5.97 Å². The molecule has 0 bridgehead atoms. The molecule has 10 nitrogen and oxygen atoms in total. The Balaban J connectivity index is 1.89.